The van der Waals surface area contributed by atoms with Crippen molar-refractivity contribution in [3.63, 3.8) is 0 Å². The largest absolute Gasteiger partial charge is 0.449 e. The van der Waals surface area contributed by atoms with Gasteiger partial charge in [-0.2, -0.15) is 0 Å². The molecule has 2 fully saturated rings. The highest BCUT2D eigenvalue weighted by molar-refractivity contribution is 7.91. The van der Waals surface area contributed by atoms with Gasteiger partial charge >= 0.3 is 6.09 Å². The third-order valence-corrected chi connectivity index (χ3v) is 6.10. The van der Waals surface area contributed by atoms with Crippen LogP contribution < -0.4 is 0 Å². The first kappa shape index (κ1) is 19.0. The van der Waals surface area contributed by atoms with E-state index in [0.29, 0.717) is 19.7 Å². The highest BCUT2D eigenvalue weighted by Crippen LogP contribution is 2.27. The summed E-state index contributed by atoms with van der Waals surface area (Å²) < 4.78 is 29.4. The molecule has 0 bridgehead atoms. The van der Waals surface area contributed by atoms with Gasteiger partial charge in [0.2, 0.25) is 5.91 Å². The molecule has 0 N–H and O–H groups in total. The molecule has 2 unspecified atom stereocenters. The average Bonchev–Trinajstić information content (AvgIpc) is 2.80. The maximum absolute atomic E-state index is 12.4. The van der Waals surface area contributed by atoms with Gasteiger partial charge in [-0.1, -0.05) is 13.3 Å². The predicted octanol–water partition coefficient (Wildman–Crippen LogP) is -0.205. The third-order valence-electron chi connectivity index (χ3n) is 4.41. The molecule has 2 aliphatic heterocycles. The van der Waals surface area contributed by atoms with E-state index in [4.69, 9.17) is 4.74 Å². The summed E-state index contributed by atoms with van der Waals surface area (Å²) in [6.07, 6.45) is 1.22. The maximum Gasteiger partial charge on any atom is 0.410 e. The second-order valence-corrected chi connectivity index (χ2v) is 8.85. The lowest BCUT2D eigenvalue weighted by molar-refractivity contribution is -0.137. The van der Waals surface area contributed by atoms with Crippen LogP contribution in [0.3, 0.4) is 0 Å². The van der Waals surface area contributed by atoms with E-state index in [0.717, 1.165) is 12.8 Å². The van der Waals surface area contributed by atoms with Crippen molar-refractivity contribution in [2.75, 3.05) is 51.8 Å². The van der Waals surface area contributed by atoms with Gasteiger partial charge in [0.05, 0.1) is 36.7 Å². The van der Waals surface area contributed by atoms with Gasteiger partial charge in [-0.25, -0.2) is 13.2 Å². The fraction of sp³-hybridized carbons (Fsp3) is 0.867. The molecule has 2 saturated heterocycles. The number of carbonyl (C=O) groups excluding carboxylic acids is 2. The fourth-order valence-corrected chi connectivity index (χ4v) is 5.22. The van der Waals surface area contributed by atoms with E-state index in [9.17, 15) is 18.0 Å². The Hall–Kier alpha value is -1.35. The first-order valence-corrected chi connectivity index (χ1v) is 10.2. The molecular formula is C15H27N3O5S. The third kappa shape index (κ3) is 4.38. The van der Waals surface area contributed by atoms with Crippen LogP contribution in [-0.4, -0.2) is 99.0 Å². The topological polar surface area (TPSA) is 87.2 Å². The molecule has 0 spiro atoms. The van der Waals surface area contributed by atoms with Crippen LogP contribution in [0.4, 0.5) is 4.79 Å². The molecule has 2 rings (SSSR count). The Kier molecular flexibility index (Phi) is 6.08. The van der Waals surface area contributed by atoms with Gasteiger partial charge in [-0.15, -0.1) is 0 Å². The number of sulfone groups is 1. The molecule has 0 aliphatic carbocycles. The summed E-state index contributed by atoms with van der Waals surface area (Å²) >= 11 is 0. The molecule has 138 valence electrons. The Morgan fingerprint density at radius 1 is 1.12 bits per heavy atom. The molecule has 0 aromatic heterocycles. The van der Waals surface area contributed by atoms with Crippen molar-refractivity contribution in [2.45, 2.75) is 31.8 Å². The first-order valence-electron chi connectivity index (χ1n) is 8.33. The summed E-state index contributed by atoms with van der Waals surface area (Å²) in [5.41, 5.74) is 0. The quantitative estimate of drug-likeness (QED) is 0.630. The minimum Gasteiger partial charge on any atom is -0.449 e. The maximum atomic E-state index is 12.4. The summed E-state index contributed by atoms with van der Waals surface area (Å²) in [5.74, 6) is -0.298. The van der Waals surface area contributed by atoms with Crippen LogP contribution in [-0.2, 0) is 19.4 Å². The lowest BCUT2D eigenvalue weighted by Crippen LogP contribution is -2.62. The van der Waals surface area contributed by atoms with Crippen LogP contribution >= 0.6 is 0 Å². The summed E-state index contributed by atoms with van der Waals surface area (Å²) in [5, 5.41) is 0. The smallest absolute Gasteiger partial charge is 0.410 e. The molecule has 0 aromatic rings. The molecule has 2 heterocycles. The Balaban J connectivity index is 2.12. The number of rotatable bonds is 5. The number of amides is 2. The number of unbranched alkanes of at least 4 members (excludes halogenated alkanes) is 1. The predicted molar refractivity (Wildman–Crippen MR) is 89.5 cm³/mol. The van der Waals surface area contributed by atoms with Gasteiger partial charge in [0.1, 0.15) is 0 Å². The summed E-state index contributed by atoms with van der Waals surface area (Å²) in [6.45, 7) is 3.21. The van der Waals surface area contributed by atoms with Crippen LogP contribution in [0.25, 0.3) is 0 Å². The molecule has 0 aromatic carbocycles. The van der Waals surface area contributed by atoms with Crippen LogP contribution in [0.5, 0.6) is 0 Å². The van der Waals surface area contributed by atoms with Crippen LogP contribution in [0.15, 0.2) is 0 Å². The van der Waals surface area contributed by atoms with Gasteiger partial charge in [0.25, 0.3) is 0 Å². The van der Waals surface area contributed by atoms with Crippen molar-refractivity contribution in [3.8, 4) is 0 Å². The van der Waals surface area contributed by atoms with Crippen molar-refractivity contribution >= 4 is 21.8 Å². The number of piperazine rings is 1. The Bertz CT molecular complexity index is 578. The lowest BCUT2D eigenvalue weighted by atomic mass is 10.1. The van der Waals surface area contributed by atoms with Gasteiger partial charge in [-0.3, -0.25) is 4.79 Å². The second kappa shape index (κ2) is 7.69. The summed E-state index contributed by atoms with van der Waals surface area (Å²) in [7, 11) is 0.315. The Labute approximate surface area is 143 Å². The number of hydrogen-bond acceptors (Lipinski definition) is 6. The number of carbonyl (C=O) groups is 2. The molecule has 2 aliphatic rings. The number of fused-ring (bicyclic) bond motifs is 1. The first-order chi connectivity index (χ1) is 11.2. The number of hydrogen-bond donors (Lipinski definition) is 0. The van der Waals surface area contributed by atoms with Gasteiger partial charge in [0, 0.05) is 13.1 Å². The van der Waals surface area contributed by atoms with E-state index in [2.05, 4.69) is 0 Å². The van der Waals surface area contributed by atoms with E-state index >= 15 is 0 Å². The zero-order chi connectivity index (χ0) is 17.9. The van der Waals surface area contributed by atoms with Crippen molar-refractivity contribution in [1.29, 1.82) is 0 Å². The van der Waals surface area contributed by atoms with E-state index < -0.39 is 28.0 Å². The second-order valence-electron chi connectivity index (χ2n) is 6.70. The van der Waals surface area contributed by atoms with Crippen molar-refractivity contribution in [3.05, 3.63) is 0 Å². The summed E-state index contributed by atoms with van der Waals surface area (Å²) in [6, 6.07) is -0.987. The van der Waals surface area contributed by atoms with Crippen LogP contribution in [0.2, 0.25) is 0 Å². The van der Waals surface area contributed by atoms with Crippen molar-refractivity contribution in [2.24, 2.45) is 0 Å². The average molecular weight is 361 g/mol. The van der Waals surface area contributed by atoms with Gasteiger partial charge in [0.15, 0.2) is 9.84 Å². The van der Waals surface area contributed by atoms with E-state index in [-0.39, 0.29) is 24.0 Å². The normalized spacial score (nSPS) is 25.7. The number of ether oxygens (including phenoxy) is 1. The van der Waals surface area contributed by atoms with E-state index in [1.165, 1.54) is 4.90 Å². The monoisotopic (exact) mass is 361 g/mol. The summed E-state index contributed by atoms with van der Waals surface area (Å²) in [4.78, 5) is 29.5. The number of likely N-dealkylation sites (N-methyl/N-ethyl adjacent to an activating group) is 1. The minimum absolute atomic E-state index is 0.0877. The van der Waals surface area contributed by atoms with Gasteiger partial charge < -0.3 is 19.4 Å². The fourth-order valence-electron chi connectivity index (χ4n) is 3.24. The van der Waals surface area contributed by atoms with Crippen LogP contribution in [0, 0.1) is 0 Å². The zero-order valence-corrected chi connectivity index (χ0v) is 15.4. The highest BCUT2D eigenvalue weighted by Gasteiger charge is 2.49. The number of nitrogens with zero attached hydrogens (tertiary/aromatic N) is 3. The standard InChI is InChI=1S/C15H27N3O5S/c1-4-5-8-23-15(20)18-7-6-17(14(19)9-16(2)3)12-10-24(21,22)11-13(12)18/h12-13H,4-11H2,1-3H3. The molecule has 2 amide bonds. The van der Waals surface area contributed by atoms with Crippen molar-refractivity contribution in [1.82, 2.24) is 14.7 Å². The lowest BCUT2D eigenvalue weighted by Gasteiger charge is -2.43. The van der Waals surface area contributed by atoms with Crippen molar-refractivity contribution < 1.29 is 22.7 Å². The molecule has 24 heavy (non-hydrogen) atoms. The zero-order valence-electron chi connectivity index (χ0n) is 14.6. The molecular weight excluding hydrogens is 334 g/mol. The van der Waals surface area contributed by atoms with E-state index in [1.54, 1.807) is 23.9 Å². The Morgan fingerprint density at radius 3 is 2.29 bits per heavy atom. The van der Waals surface area contributed by atoms with Gasteiger partial charge in [-0.05, 0) is 20.5 Å². The van der Waals surface area contributed by atoms with E-state index in [1.807, 2.05) is 6.92 Å². The molecule has 0 saturated carbocycles. The molecule has 2 atom stereocenters. The molecule has 8 nitrogen and oxygen atoms in total. The SMILES string of the molecule is CCCCOC(=O)N1CCN(C(=O)CN(C)C)C2CS(=O)(=O)CC21. The molecule has 0 radical (unpaired) electrons. The molecule has 9 heteroatoms. The minimum atomic E-state index is -3.27. The Morgan fingerprint density at radius 2 is 1.71 bits per heavy atom. The van der Waals surface area contributed by atoms with Crippen LogP contribution in [0.1, 0.15) is 19.8 Å². The highest BCUT2D eigenvalue weighted by atomic mass is 32.2.